The molecule has 4 heteroatoms. The molecule has 0 unspecified atom stereocenters. The first-order valence-corrected chi connectivity index (χ1v) is 18.7. The number of anilines is 3. The molecule has 0 saturated carbocycles. The third kappa shape index (κ3) is 4.97. The first kappa shape index (κ1) is 14.1. The van der Waals surface area contributed by atoms with Gasteiger partial charge in [0, 0.05) is 77.9 Å². The van der Waals surface area contributed by atoms with Crippen molar-refractivity contribution in [2.45, 2.75) is 19.1 Å². The monoisotopic (exact) mass is 836 g/mol. The van der Waals surface area contributed by atoms with Gasteiger partial charge >= 0.3 is 0 Å². The number of fused-ring (bicyclic) bond motifs is 12. The highest BCUT2D eigenvalue weighted by Crippen LogP contribution is 2.53. The molecule has 12 aromatic rings. The summed E-state index contributed by atoms with van der Waals surface area (Å²) < 4.78 is 353. The molecule has 0 spiro atoms. The van der Waals surface area contributed by atoms with E-state index in [0.29, 0.717) is 11.3 Å². The van der Waals surface area contributed by atoms with Gasteiger partial charge in [-0.05, 0) is 81.7 Å². The molecule has 3 nitrogen and oxygen atoms in total. The van der Waals surface area contributed by atoms with Crippen molar-refractivity contribution in [3.8, 4) is 33.4 Å². The lowest BCUT2D eigenvalue weighted by molar-refractivity contribution is 0.660. The summed E-state index contributed by atoms with van der Waals surface area (Å²) in [4.78, 5) is 0.236. The number of nitrogens with zero attached hydrogens (tertiary/aromatic N) is 1. The van der Waals surface area contributed by atoms with Crippen LogP contribution in [0.5, 0.6) is 0 Å². The second-order valence-corrected chi connectivity index (χ2v) is 14.6. The first-order chi connectivity index (χ1) is 45.4. The normalized spacial score (nSPS) is 22.2. The summed E-state index contributed by atoms with van der Waals surface area (Å²) in [5.41, 5.74) is -19.0. The molecule has 61 heavy (non-hydrogen) atoms. The van der Waals surface area contributed by atoms with Crippen molar-refractivity contribution in [2.75, 3.05) is 4.90 Å². The van der Waals surface area contributed by atoms with Gasteiger partial charge < -0.3 is 13.7 Å². The van der Waals surface area contributed by atoms with Gasteiger partial charge in [0.25, 0.3) is 0 Å². The van der Waals surface area contributed by atoms with Crippen molar-refractivity contribution >= 4 is 92.4 Å². The maximum absolute atomic E-state index is 10.3. The second-order valence-electron chi connectivity index (χ2n) is 13.5. The lowest BCUT2D eigenvalue weighted by Gasteiger charge is -2.28. The van der Waals surface area contributed by atoms with Gasteiger partial charge in [-0.15, -0.1) is 11.3 Å². The second kappa shape index (κ2) is 12.8. The standard InChI is InChI=1S/C57H37NO2S/c1-57(2)46-22-9-6-16-38(46)39-31-30-37(32-47(39)57)58(36-28-26-35(27-29-36)34-14-4-3-5-15-34)48-23-13-19-41-45-33-50-52(43-18-7-10-24-49(43)59-50)53(55(45)60-54(41)48)44-21-12-20-42-40-17-8-11-25-51(40)61-56(42)44/h3-33H,1-2H3/i1D3,2D3,3D,4D,5D,6D,7D,8D,9D,10D,11D,12D,13D,14D,15D,16D,17D,18D,19D,20D,21D,22D,23D,24D,25D,26D,27D,28D,29D,30D,31D,32D,33D. The summed E-state index contributed by atoms with van der Waals surface area (Å²) in [5.74, 6) is 0. The third-order valence-corrected chi connectivity index (χ3v) is 11.4. The van der Waals surface area contributed by atoms with E-state index in [0.717, 1.165) is 0 Å². The molecule has 13 rings (SSSR count). The van der Waals surface area contributed by atoms with Crippen molar-refractivity contribution in [3.05, 3.63) is 198 Å². The van der Waals surface area contributed by atoms with Crippen molar-refractivity contribution in [1.29, 1.82) is 0 Å². The zero-order chi connectivity index (χ0) is 72.4. The van der Waals surface area contributed by atoms with E-state index < -0.39 is 317 Å². The smallest absolute Gasteiger partial charge is 0.159 e. The molecule has 0 fully saturated rings. The molecule has 0 radical (unpaired) electrons. The van der Waals surface area contributed by atoms with E-state index in [2.05, 4.69) is 0 Å². The summed E-state index contributed by atoms with van der Waals surface area (Å²) in [6.07, 6.45) is 0. The highest BCUT2D eigenvalue weighted by molar-refractivity contribution is 7.26. The van der Waals surface area contributed by atoms with Crippen molar-refractivity contribution in [1.82, 2.24) is 0 Å². The Labute approximate surface area is 408 Å². The molecular weight excluding hydrogens is 763 g/mol. The molecule has 0 saturated heterocycles. The molecule has 0 aliphatic heterocycles. The maximum atomic E-state index is 10.3. The van der Waals surface area contributed by atoms with Crippen molar-refractivity contribution in [3.63, 3.8) is 0 Å². The molecule has 288 valence electrons. The van der Waals surface area contributed by atoms with Crippen LogP contribution in [0, 0.1) is 0 Å². The molecular formula is C57H37NO2S. The van der Waals surface area contributed by atoms with Gasteiger partial charge in [0.1, 0.15) is 16.7 Å². The largest absolute Gasteiger partial charge is 0.456 e. The van der Waals surface area contributed by atoms with Gasteiger partial charge in [0.05, 0.1) is 48.2 Å². The predicted molar refractivity (Wildman–Crippen MR) is 257 cm³/mol. The van der Waals surface area contributed by atoms with Crippen LogP contribution in [0.2, 0.25) is 0 Å². The number of rotatable bonds is 5. The molecule has 3 heterocycles. The molecule has 0 bridgehead atoms. The quantitative estimate of drug-likeness (QED) is 0.173. The molecule has 0 amide bonds. The van der Waals surface area contributed by atoms with E-state index in [9.17, 15) is 20.6 Å². The Morgan fingerprint density at radius 3 is 2.07 bits per heavy atom. The fourth-order valence-electron chi connectivity index (χ4n) is 7.63. The van der Waals surface area contributed by atoms with Crippen LogP contribution in [-0.2, 0) is 5.41 Å². The average molecular weight is 837 g/mol. The van der Waals surface area contributed by atoms with Gasteiger partial charge in [-0.25, -0.2) is 0 Å². The number of furan rings is 2. The lowest BCUT2D eigenvalue weighted by atomic mass is 9.82. The van der Waals surface area contributed by atoms with E-state index in [1.807, 2.05) is 0 Å². The van der Waals surface area contributed by atoms with Crippen LogP contribution in [0.4, 0.5) is 17.1 Å². The summed E-state index contributed by atoms with van der Waals surface area (Å²) in [7, 11) is 0. The Balaban J connectivity index is 1.31. The molecule has 0 N–H and O–H groups in total. The molecule has 9 aromatic carbocycles. The minimum Gasteiger partial charge on any atom is -0.456 e. The van der Waals surface area contributed by atoms with E-state index in [4.69, 9.17) is 39.0 Å². The summed E-state index contributed by atoms with van der Waals surface area (Å²) >= 11 is 0.545. The Morgan fingerprint density at radius 1 is 0.492 bits per heavy atom. The summed E-state index contributed by atoms with van der Waals surface area (Å²) in [6, 6.07) is -33.6. The predicted octanol–water partition coefficient (Wildman–Crippen LogP) is 17.0. The number of hydrogen-bond acceptors (Lipinski definition) is 4. The SMILES string of the molecule is [2H]c1c([2H])c([2H])c(-c2c([2H])c([2H])c(N(c3c([2H])c([2H])c4c(c3[2H])C(C([2H])([2H])[2H])(C([2H])([2H])[2H])c3c([2H])c([2H])c([2H])c([2H])c3-4)c3c([2H])c([2H])c([2H])c4c3oc3c(-c5c([2H])c([2H])c([2H])c6c5sc5c([2H])c([2H])c([2H])c([2H])c56)c5c(oc6c([2H])c([2H])c([2H])c([2H])c65)c([2H])c34)c([2H])c2[2H])c([2H])c1[2H]. The number of thiophene rings is 1. The zero-order valence-corrected chi connectivity index (χ0v) is 31.0. The maximum Gasteiger partial charge on any atom is 0.159 e. The van der Waals surface area contributed by atoms with Crippen LogP contribution < -0.4 is 4.90 Å². The molecule has 1 aliphatic carbocycles. The van der Waals surface area contributed by atoms with E-state index >= 15 is 0 Å². The van der Waals surface area contributed by atoms with Gasteiger partial charge in [0.2, 0.25) is 0 Å². The lowest BCUT2D eigenvalue weighted by Crippen LogP contribution is -2.16. The van der Waals surface area contributed by atoms with Crippen LogP contribution >= 0.6 is 11.3 Å². The highest BCUT2D eigenvalue weighted by Gasteiger charge is 2.36. The fourth-order valence-corrected chi connectivity index (χ4v) is 8.70. The zero-order valence-electron chi connectivity index (χ0n) is 67.2. The van der Waals surface area contributed by atoms with E-state index in [-0.39, 0.29) is 19.7 Å². The first-order valence-electron chi connectivity index (χ1n) is 36.4. The number of hydrogen-bond donors (Lipinski definition) is 0. The van der Waals surface area contributed by atoms with Crippen LogP contribution in [0.3, 0.4) is 0 Å². The van der Waals surface area contributed by atoms with Gasteiger partial charge in [0.15, 0.2) is 5.58 Å². The average Bonchev–Trinajstić information content (AvgIpc) is 1.50. The fraction of sp³-hybridized carbons (Fsp3) is 0.0526. The van der Waals surface area contributed by atoms with Gasteiger partial charge in [-0.1, -0.05) is 153 Å². The van der Waals surface area contributed by atoms with E-state index in [1.54, 1.807) is 0 Å². The minimum absolute atomic E-state index is 0.236. The van der Waals surface area contributed by atoms with Crippen LogP contribution in [-0.4, -0.2) is 0 Å². The van der Waals surface area contributed by atoms with Gasteiger partial charge in [-0.2, -0.15) is 0 Å². The molecule has 0 atom stereocenters. The summed E-state index contributed by atoms with van der Waals surface area (Å²) in [5, 5.41) is -3.47. The van der Waals surface area contributed by atoms with Crippen molar-refractivity contribution in [2.24, 2.45) is 0 Å². The molecule has 1 aliphatic rings. The highest BCUT2D eigenvalue weighted by atomic mass is 32.1. The Morgan fingerprint density at radius 2 is 1.18 bits per heavy atom. The summed E-state index contributed by atoms with van der Waals surface area (Å²) in [6.45, 7) is -8.19. The Hall–Kier alpha value is -7.40. The number of benzene rings is 9. The topological polar surface area (TPSA) is 29.5 Å². The minimum atomic E-state index is -4.09. The van der Waals surface area contributed by atoms with Crippen LogP contribution in [0.15, 0.2) is 196 Å². The molecule has 3 aromatic heterocycles. The van der Waals surface area contributed by atoms with Crippen molar-refractivity contribution < 1.29 is 59.6 Å². The Kier molecular flexibility index (Phi) is 2.96. The number of para-hydroxylation sites is 2. The van der Waals surface area contributed by atoms with Crippen LogP contribution in [0.1, 0.15) is 75.5 Å². The third-order valence-electron chi connectivity index (χ3n) is 10.2. The Bertz CT molecular complexity index is 5750. The van der Waals surface area contributed by atoms with Gasteiger partial charge in [-0.3, -0.25) is 0 Å². The van der Waals surface area contributed by atoms with E-state index in [1.165, 1.54) is 0 Å². The van der Waals surface area contributed by atoms with Crippen LogP contribution in [0.25, 0.3) is 97.4 Å².